The molecule has 1 aliphatic heterocycles. The largest absolute Gasteiger partial charge is 0.416 e. The molecule has 1 aromatic carbocycles. The highest BCUT2D eigenvalue weighted by Crippen LogP contribution is 2.29. The zero-order chi connectivity index (χ0) is 15.3. The Morgan fingerprint density at radius 2 is 1.95 bits per heavy atom. The molecule has 116 valence electrons. The van der Waals surface area contributed by atoms with Crippen molar-refractivity contribution in [3.8, 4) is 0 Å². The van der Waals surface area contributed by atoms with Gasteiger partial charge in [-0.2, -0.15) is 13.2 Å². The van der Waals surface area contributed by atoms with Crippen molar-refractivity contribution in [2.75, 3.05) is 6.61 Å². The van der Waals surface area contributed by atoms with Gasteiger partial charge in [0.15, 0.2) is 0 Å². The quantitative estimate of drug-likeness (QED) is 0.788. The van der Waals surface area contributed by atoms with Gasteiger partial charge in [0.05, 0.1) is 11.7 Å². The van der Waals surface area contributed by atoms with Crippen LogP contribution in [0.4, 0.5) is 13.2 Å². The van der Waals surface area contributed by atoms with Gasteiger partial charge in [-0.15, -0.1) is 0 Å². The van der Waals surface area contributed by atoms with Gasteiger partial charge in [-0.25, -0.2) is 0 Å². The molecule has 5 heteroatoms. The number of halogens is 3. The minimum Gasteiger partial charge on any atom is -0.378 e. The van der Waals surface area contributed by atoms with Gasteiger partial charge in [-0.05, 0) is 43.4 Å². The van der Waals surface area contributed by atoms with Gasteiger partial charge in [0.1, 0.15) is 5.78 Å². The number of Topliss-reactive ketones (excluding diaryl/α,β-unsaturated/α-hetero) is 1. The Bertz CT molecular complexity index is 459. The average Bonchev–Trinajstić information content (AvgIpc) is 2.91. The van der Waals surface area contributed by atoms with E-state index >= 15 is 0 Å². The second kappa shape index (κ2) is 7.07. The summed E-state index contributed by atoms with van der Waals surface area (Å²) < 4.78 is 42.7. The number of rotatable bonds is 6. The molecule has 0 aromatic heterocycles. The lowest BCUT2D eigenvalue weighted by atomic mass is 10.0. The Hall–Kier alpha value is -1.36. The lowest BCUT2D eigenvalue weighted by Crippen LogP contribution is -2.08. The molecule has 0 N–H and O–H groups in total. The van der Waals surface area contributed by atoms with Crippen molar-refractivity contribution in [1.82, 2.24) is 0 Å². The van der Waals surface area contributed by atoms with E-state index in [2.05, 4.69) is 0 Å². The van der Waals surface area contributed by atoms with Gasteiger partial charge in [-0.1, -0.05) is 12.1 Å². The number of hydrogen-bond donors (Lipinski definition) is 0. The van der Waals surface area contributed by atoms with Crippen molar-refractivity contribution in [3.05, 3.63) is 35.4 Å². The molecular weight excluding hydrogens is 281 g/mol. The number of alkyl halides is 3. The molecule has 0 saturated carbocycles. The van der Waals surface area contributed by atoms with E-state index in [1.165, 1.54) is 12.1 Å². The first-order valence-electron chi connectivity index (χ1n) is 7.24. The van der Waals surface area contributed by atoms with E-state index in [0.717, 1.165) is 44.4 Å². The molecule has 0 aliphatic carbocycles. The van der Waals surface area contributed by atoms with E-state index in [1.807, 2.05) is 0 Å². The summed E-state index contributed by atoms with van der Waals surface area (Å²) in [5, 5.41) is 0. The lowest BCUT2D eigenvalue weighted by Gasteiger charge is -2.09. The molecule has 0 radical (unpaired) electrons. The molecule has 0 spiro atoms. The van der Waals surface area contributed by atoms with Gasteiger partial charge in [0, 0.05) is 19.4 Å². The van der Waals surface area contributed by atoms with Crippen LogP contribution in [-0.4, -0.2) is 18.5 Å². The zero-order valence-corrected chi connectivity index (χ0v) is 11.8. The van der Waals surface area contributed by atoms with Gasteiger partial charge in [0.25, 0.3) is 0 Å². The third-order valence-corrected chi connectivity index (χ3v) is 3.69. The van der Waals surface area contributed by atoms with E-state index in [1.54, 1.807) is 0 Å². The van der Waals surface area contributed by atoms with Crippen LogP contribution in [0.3, 0.4) is 0 Å². The molecule has 1 fully saturated rings. The second-order valence-corrected chi connectivity index (χ2v) is 5.44. The summed E-state index contributed by atoms with van der Waals surface area (Å²) in [6.07, 6.45) is 0.429. The van der Waals surface area contributed by atoms with Crippen molar-refractivity contribution < 1.29 is 22.7 Å². The second-order valence-electron chi connectivity index (χ2n) is 5.44. The summed E-state index contributed by atoms with van der Waals surface area (Å²) in [6.45, 7) is 0.810. The molecule has 1 aromatic rings. The maximum absolute atomic E-state index is 12.4. The molecule has 2 nitrogen and oxygen atoms in total. The molecule has 1 saturated heterocycles. The third-order valence-electron chi connectivity index (χ3n) is 3.69. The van der Waals surface area contributed by atoms with Crippen molar-refractivity contribution in [2.45, 2.75) is 50.8 Å². The van der Waals surface area contributed by atoms with Crippen LogP contribution in [-0.2, 0) is 22.1 Å². The van der Waals surface area contributed by atoms with E-state index < -0.39 is 11.7 Å². The minimum absolute atomic E-state index is 0.0627. The maximum atomic E-state index is 12.4. The van der Waals surface area contributed by atoms with Gasteiger partial charge >= 0.3 is 6.18 Å². The number of ether oxygens (including phenoxy) is 1. The lowest BCUT2D eigenvalue weighted by molar-refractivity contribution is -0.137. The summed E-state index contributed by atoms with van der Waals surface area (Å²) in [4.78, 5) is 11.8. The molecule has 21 heavy (non-hydrogen) atoms. The van der Waals surface area contributed by atoms with Gasteiger partial charge < -0.3 is 4.74 Å². The summed E-state index contributed by atoms with van der Waals surface area (Å²) in [6, 6.07) is 4.80. The Morgan fingerprint density at radius 1 is 1.24 bits per heavy atom. The van der Waals surface area contributed by atoms with Crippen LogP contribution >= 0.6 is 0 Å². The molecule has 1 heterocycles. The first-order chi connectivity index (χ1) is 9.95. The molecule has 1 unspecified atom stereocenters. The van der Waals surface area contributed by atoms with Crippen LogP contribution in [0.5, 0.6) is 0 Å². The SMILES string of the molecule is O=C(CCCC1CCCO1)Cc1ccc(C(F)(F)F)cc1. The highest BCUT2D eigenvalue weighted by molar-refractivity contribution is 5.80. The number of hydrogen-bond acceptors (Lipinski definition) is 2. The third kappa shape index (κ3) is 5.16. The van der Waals surface area contributed by atoms with Gasteiger partial charge in [-0.3, -0.25) is 4.79 Å². The van der Waals surface area contributed by atoms with Crippen molar-refractivity contribution in [2.24, 2.45) is 0 Å². The van der Waals surface area contributed by atoms with Crippen molar-refractivity contribution >= 4 is 5.78 Å². The fourth-order valence-corrected chi connectivity index (χ4v) is 2.53. The Balaban J connectivity index is 1.74. The smallest absolute Gasteiger partial charge is 0.378 e. The van der Waals surface area contributed by atoms with Crippen LogP contribution in [0, 0.1) is 0 Å². The van der Waals surface area contributed by atoms with E-state index in [4.69, 9.17) is 4.74 Å². The van der Waals surface area contributed by atoms with Gasteiger partial charge in [0.2, 0.25) is 0 Å². The highest BCUT2D eigenvalue weighted by atomic mass is 19.4. The molecule has 0 amide bonds. The van der Waals surface area contributed by atoms with E-state index in [0.29, 0.717) is 12.0 Å². The molecule has 1 atom stereocenters. The standard InChI is InChI=1S/C16H19F3O2/c17-16(18,19)13-8-6-12(7-9-13)11-14(20)3-1-4-15-5-2-10-21-15/h6-9,15H,1-5,10-11H2. The maximum Gasteiger partial charge on any atom is 0.416 e. The van der Waals surface area contributed by atoms with E-state index in [-0.39, 0.29) is 18.3 Å². The van der Waals surface area contributed by atoms with Crippen LogP contribution in [0.1, 0.15) is 43.2 Å². The monoisotopic (exact) mass is 300 g/mol. The zero-order valence-electron chi connectivity index (χ0n) is 11.8. The fourth-order valence-electron chi connectivity index (χ4n) is 2.53. The fraction of sp³-hybridized carbons (Fsp3) is 0.562. The van der Waals surface area contributed by atoms with Crippen LogP contribution < -0.4 is 0 Å². The number of carbonyl (C=O) groups is 1. The highest BCUT2D eigenvalue weighted by Gasteiger charge is 2.29. The van der Waals surface area contributed by atoms with Crippen molar-refractivity contribution in [1.29, 1.82) is 0 Å². The number of benzene rings is 1. The normalized spacial score (nSPS) is 18.9. The number of ketones is 1. The molecular formula is C16H19F3O2. The topological polar surface area (TPSA) is 26.3 Å². The Kier molecular flexibility index (Phi) is 5.39. The molecule has 2 rings (SSSR count). The first-order valence-corrected chi connectivity index (χ1v) is 7.24. The predicted octanol–water partition coefficient (Wildman–Crippen LogP) is 4.17. The Morgan fingerprint density at radius 3 is 2.52 bits per heavy atom. The Labute approximate surface area is 122 Å². The van der Waals surface area contributed by atoms with Crippen molar-refractivity contribution in [3.63, 3.8) is 0 Å². The summed E-state index contributed by atoms with van der Waals surface area (Å²) in [5.41, 5.74) is -0.0535. The summed E-state index contributed by atoms with van der Waals surface area (Å²) >= 11 is 0. The van der Waals surface area contributed by atoms with Crippen LogP contribution in [0.15, 0.2) is 24.3 Å². The van der Waals surface area contributed by atoms with Crippen LogP contribution in [0.2, 0.25) is 0 Å². The van der Waals surface area contributed by atoms with E-state index in [9.17, 15) is 18.0 Å². The predicted molar refractivity (Wildman–Crippen MR) is 73.0 cm³/mol. The van der Waals surface area contributed by atoms with Crippen LogP contribution in [0.25, 0.3) is 0 Å². The minimum atomic E-state index is -4.33. The molecule has 0 bridgehead atoms. The first kappa shape index (κ1) is 16.0. The summed E-state index contributed by atoms with van der Waals surface area (Å²) in [7, 11) is 0. The average molecular weight is 300 g/mol. The summed E-state index contributed by atoms with van der Waals surface area (Å²) in [5.74, 6) is 0.0627. The molecule has 1 aliphatic rings. The number of carbonyl (C=O) groups excluding carboxylic acids is 1.